The molecule has 3 aromatic heterocycles. The Bertz CT molecular complexity index is 1740. The monoisotopic (exact) mass is 593 g/mol. The van der Waals surface area contributed by atoms with E-state index in [1.807, 2.05) is 13.8 Å². The van der Waals surface area contributed by atoms with Gasteiger partial charge in [-0.15, -0.1) is 0 Å². The predicted molar refractivity (Wildman–Crippen MR) is 159 cm³/mol. The van der Waals surface area contributed by atoms with Crippen LogP contribution in [-0.2, 0) is 6.42 Å². The van der Waals surface area contributed by atoms with Crippen molar-refractivity contribution in [3.63, 3.8) is 0 Å². The molecule has 1 unspecified atom stereocenters. The van der Waals surface area contributed by atoms with Crippen LogP contribution < -0.4 is 16.3 Å². The van der Waals surface area contributed by atoms with Gasteiger partial charge in [-0.05, 0) is 55.5 Å². The zero-order chi connectivity index (χ0) is 31.0. The maximum Gasteiger partial charge on any atom is 0.407 e. The number of carbonyl (C=O) groups is 1. The molecule has 0 bridgehead atoms. The van der Waals surface area contributed by atoms with E-state index in [4.69, 9.17) is 5.73 Å². The van der Waals surface area contributed by atoms with Gasteiger partial charge in [-0.25, -0.2) is 27.9 Å². The number of nitrogens with two attached hydrogens (primary N) is 1. The summed E-state index contributed by atoms with van der Waals surface area (Å²) in [6.07, 6.45) is 1.39. The number of piperazine rings is 1. The molecule has 13 heteroatoms. The average Bonchev–Trinajstić information content (AvgIpc) is 2.96. The lowest BCUT2D eigenvalue weighted by Crippen LogP contribution is -2.54. The maximum atomic E-state index is 15.9. The van der Waals surface area contributed by atoms with Crippen molar-refractivity contribution in [1.82, 2.24) is 24.4 Å². The molecular weight excluding hydrogens is 560 g/mol. The Kier molecular flexibility index (Phi) is 8.27. The molecule has 1 aromatic carbocycles. The van der Waals surface area contributed by atoms with E-state index in [2.05, 4.69) is 15.0 Å². The highest BCUT2D eigenvalue weighted by molar-refractivity contribution is 5.91. The minimum atomic E-state index is -1.06. The second kappa shape index (κ2) is 11.9. The summed E-state index contributed by atoms with van der Waals surface area (Å²) in [5.41, 5.74) is 6.41. The Hall–Kier alpha value is -4.65. The Morgan fingerprint density at radius 2 is 1.93 bits per heavy atom. The molecule has 1 fully saturated rings. The zero-order valence-corrected chi connectivity index (χ0v) is 24.1. The van der Waals surface area contributed by atoms with Gasteiger partial charge >= 0.3 is 11.8 Å². The van der Waals surface area contributed by atoms with Crippen LogP contribution in [0.5, 0.6) is 0 Å². The van der Waals surface area contributed by atoms with Crippen LogP contribution in [0, 0.1) is 11.6 Å². The minimum absolute atomic E-state index is 0.0158. The van der Waals surface area contributed by atoms with E-state index in [0.717, 1.165) is 12.1 Å². The molecule has 0 saturated carbocycles. The fourth-order valence-electron chi connectivity index (χ4n) is 5.60. The number of nitrogens with zero attached hydrogens (tertiary/aromatic N) is 6. The molecule has 5 rings (SSSR count). The van der Waals surface area contributed by atoms with Gasteiger partial charge in [0.25, 0.3) is 0 Å². The van der Waals surface area contributed by atoms with Gasteiger partial charge in [0.05, 0.1) is 22.3 Å². The highest BCUT2D eigenvalue weighted by atomic mass is 19.1. The summed E-state index contributed by atoms with van der Waals surface area (Å²) >= 11 is 0. The first-order chi connectivity index (χ1) is 20.5. The minimum Gasteiger partial charge on any atom is -0.465 e. The van der Waals surface area contributed by atoms with Crippen LogP contribution in [0.1, 0.15) is 44.4 Å². The van der Waals surface area contributed by atoms with Crippen LogP contribution in [0.3, 0.4) is 0 Å². The normalized spacial score (nSPS) is 15.5. The first kappa shape index (κ1) is 29.8. The van der Waals surface area contributed by atoms with Crippen molar-refractivity contribution in [2.75, 3.05) is 36.9 Å². The number of aromatic nitrogens is 4. The SMILES string of the molecule is CC(C)c1nccc(CCCO)c1-n1c(=O)nc(N2CCN(C(=O)O)CC2C)c2cc(F)c(-c3c(N)cccc3F)nc21. The molecular formula is C30H33F2N7O4. The summed E-state index contributed by atoms with van der Waals surface area (Å²) in [5.74, 6) is -1.65. The number of aryl methyl sites for hydroxylation is 1. The van der Waals surface area contributed by atoms with Gasteiger partial charge in [-0.1, -0.05) is 19.9 Å². The fourth-order valence-corrected chi connectivity index (χ4v) is 5.60. The summed E-state index contributed by atoms with van der Waals surface area (Å²) in [7, 11) is 0. The lowest BCUT2D eigenvalue weighted by Gasteiger charge is -2.39. The number of carboxylic acid groups (broad SMARTS) is 1. The van der Waals surface area contributed by atoms with E-state index in [0.29, 0.717) is 29.8 Å². The third-order valence-electron chi connectivity index (χ3n) is 7.66. The molecule has 1 aliphatic rings. The van der Waals surface area contributed by atoms with E-state index in [1.54, 1.807) is 24.1 Å². The molecule has 0 spiro atoms. The summed E-state index contributed by atoms with van der Waals surface area (Å²) in [4.78, 5) is 42.2. The molecule has 4 heterocycles. The topological polar surface area (TPSA) is 151 Å². The number of fused-ring (bicyclic) bond motifs is 1. The highest BCUT2D eigenvalue weighted by Crippen LogP contribution is 2.36. The summed E-state index contributed by atoms with van der Waals surface area (Å²) in [6, 6.07) is 6.50. The third kappa shape index (κ3) is 5.47. The predicted octanol–water partition coefficient (Wildman–Crippen LogP) is 3.94. The number of hydrogen-bond donors (Lipinski definition) is 3. The molecule has 11 nitrogen and oxygen atoms in total. The van der Waals surface area contributed by atoms with Crippen LogP contribution in [0.2, 0.25) is 0 Å². The first-order valence-corrected chi connectivity index (χ1v) is 14.0. The number of rotatable bonds is 7. The Balaban J connectivity index is 1.86. The number of aliphatic hydroxyl groups is 1. The van der Waals surface area contributed by atoms with Crippen LogP contribution in [0.15, 0.2) is 41.3 Å². The molecule has 1 atom stereocenters. The number of halogens is 2. The second-order valence-electron chi connectivity index (χ2n) is 10.9. The van der Waals surface area contributed by atoms with Gasteiger partial charge in [0.2, 0.25) is 0 Å². The van der Waals surface area contributed by atoms with E-state index < -0.39 is 29.5 Å². The summed E-state index contributed by atoms with van der Waals surface area (Å²) in [5, 5.41) is 19.2. The number of aliphatic hydroxyl groups excluding tert-OH is 1. The van der Waals surface area contributed by atoms with Gasteiger partial charge in [0, 0.05) is 44.2 Å². The standard InChI is InChI=1S/C30H33F2N7O4/c1-16(2)24-26(18(6-5-13-40)9-10-34-24)39-28-19(14-21(32)25(35-28)23-20(31)7-4-8-22(23)33)27(36-29(39)41)38-12-11-37(30(42)43)15-17(38)3/h4,7-10,14,16-17,40H,5-6,11-13,15,33H2,1-3H3,(H,42,43). The Morgan fingerprint density at radius 3 is 2.58 bits per heavy atom. The van der Waals surface area contributed by atoms with Gasteiger partial charge in [0.15, 0.2) is 11.5 Å². The van der Waals surface area contributed by atoms with Crippen molar-refractivity contribution in [3.05, 3.63) is 69.9 Å². The largest absolute Gasteiger partial charge is 0.465 e. The maximum absolute atomic E-state index is 15.9. The van der Waals surface area contributed by atoms with Crippen molar-refractivity contribution in [2.45, 2.75) is 45.6 Å². The highest BCUT2D eigenvalue weighted by Gasteiger charge is 2.31. The van der Waals surface area contributed by atoms with Crippen LogP contribution in [-0.4, -0.2) is 73.0 Å². The first-order valence-electron chi connectivity index (χ1n) is 14.0. The lowest BCUT2D eigenvalue weighted by atomic mass is 10.0. The van der Waals surface area contributed by atoms with Crippen molar-refractivity contribution < 1.29 is 23.8 Å². The molecule has 1 amide bonds. The number of amides is 1. The van der Waals surface area contributed by atoms with Gasteiger partial charge < -0.3 is 25.7 Å². The number of benzene rings is 1. The molecule has 0 radical (unpaired) electrons. The lowest BCUT2D eigenvalue weighted by molar-refractivity contribution is 0.136. The van der Waals surface area contributed by atoms with Gasteiger partial charge in [-0.2, -0.15) is 4.98 Å². The molecule has 0 aliphatic carbocycles. The molecule has 4 N–H and O–H groups in total. The van der Waals surface area contributed by atoms with Crippen LogP contribution >= 0.6 is 0 Å². The summed E-state index contributed by atoms with van der Waals surface area (Å²) < 4.78 is 32.2. The van der Waals surface area contributed by atoms with E-state index in [-0.39, 0.29) is 66.0 Å². The second-order valence-corrected chi connectivity index (χ2v) is 10.9. The van der Waals surface area contributed by atoms with Crippen LogP contribution in [0.25, 0.3) is 28.0 Å². The van der Waals surface area contributed by atoms with Crippen molar-refractivity contribution >= 4 is 28.6 Å². The average molecular weight is 594 g/mol. The fraction of sp³-hybridized carbons (Fsp3) is 0.367. The molecule has 43 heavy (non-hydrogen) atoms. The molecule has 226 valence electrons. The van der Waals surface area contributed by atoms with Crippen molar-refractivity contribution in [1.29, 1.82) is 0 Å². The Morgan fingerprint density at radius 1 is 1.16 bits per heavy atom. The third-order valence-corrected chi connectivity index (χ3v) is 7.66. The van der Waals surface area contributed by atoms with Crippen molar-refractivity contribution in [3.8, 4) is 16.9 Å². The number of nitrogen functional groups attached to an aromatic ring is 1. The van der Waals surface area contributed by atoms with E-state index >= 15 is 8.78 Å². The number of pyridine rings is 2. The van der Waals surface area contributed by atoms with Gasteiger partial charge in [0.1, 0.15) is 17.3 Å². The van der Waals surface area contributed by atoms with Gasteiger partial charge in [-0.3, -0.25) is 4.98 Å². The molecule has 4 aromatic rings. The molecule has 1 aliphatic heterocycles. The van der Waals surface area contributed by atoms with E-state index in [1.165, 1.54) is 21.6 Å². The van der Waals surface area contributed by atoms with E-state index in [9.17, 15) is 19.8 Å². The molecule has 1 saturated heterocycles. The summed E-state index contributed by atoms with van der Waals surface area (Å²) in [6.45, 7) is 6.04. The number of hydrogen-bond acceptors (Lipinski definition) is 8. The zero-order valence-electron chi connectivity index (χ0n) is 24.1. The Labute approximate surface area is 246 Å². The van der Waals surface area contributed by atoms with Crippen molar-refractivity contribution in [2.24, 2.45) is 0 Å². The van der Waals surface area contributed by atoms with Crippen LogP contribution in [0.4, 0.5) is 25.1 Å². The smallest absolute Gasteiger partial charge is 0.407 e. The number of anilines is 2. The quantitative estimate of drug-likeness (QED) is 0.271.